The minimum atomic E-state index is -3.82. The quantitative estimate of drug-likeness (QED) is 0.932. The molecule has 0 aliphatic heterocycles. The first-order valence-electron chi connectivity index (χ1n) is 5.96. The third kappa shape index (κ3) is 3.46. The van der Waals surface area contributed by atoms with Gasteiger partial charge < -0.3 is 4.74 Å². The summed E-state index contributed by atoms with van der Waals surface area (Å²) in [7, 11) is -2.36. The lowest BCUT2D eigenvalue weighted by Gasteiger charge is -2.12. The van der Waals surface area contributed by atoms with E-state index in [0.717, 1.165) is 6.07 Å². The van der Waals surface area contributed by atoms with E-state index in [-0.39, 0.29) is 15.6 Å². The first-order valence-corrected chi connectivity index (χ1v) is 7.82. The predicted octanol–water partition coefficient (Wildman–Crippen LogP) is 3.60. The van der Waals surface area contributed by atoms with Gasteiger partial charge in [-0.25, -0.2) is 12.8 Å². The molecule has 2 aromatic carbocycles. The molecule has 2 aromatic rings. The average molecular weight is 330 g/mol. The maximum absolute atomic E-state index is 13.1. The highest BCUT2D eigenvalue weighted by molar-refractivity contribution is 7.92. The fraction of sp³-hybridized carbons (Fsp3) is 0.143. The van der Waals surface area contributed by atoms with E-state index in [1.807, 2.05) is 0 Å². The van der Waals surface area contributed by atoms with Gasteiger partial charge in [-0.1, -0.05) is 17.7 Å². The molecule has 0 atom stereocenters. The molecule has 0 unspecified atom stereocenters. The Balaban J connectivity index is 2.40. The van der Waals surface area contributed by atoms with Crippen LogP contribution in [0.3, 0.4) is 0 Å². The molecule has 0 aromatic heterocycles. The van der Waals surface area contributed by atoms with E-state index in [9.17, 15) is 12.8 Å². The number of sulfonamides is 1. The summed E-state index contributed by atoms with van der Waals surface area (Å²) in [5, 5.41) is -0.155. The van der Waals surface area contributed by atoms with Crippen LogP contribution in [-0.4, -0.2) is 15.5 Å². The maximum Gasteiger partial charge on any atom is 0.262 e. The van der Waals surface area contributed by atoms with E-state index < -0.39 is 15.8 Å². The Labute approximate surface area is 127 Å². The molecular formula is C14H13ClFNO3S. The van der Waals surface area contributed by atoms with Gasteiger partial charge >= 0.3 is 0 Å². The Morgan fingerprint density at radius 1 is 1.19 bits per heavy atom. The van der Waals surface area contributed by atoms with Gasteiger partial charge in [0, 0.05) is 6.07 Å². The van der Waals surface area contributed by atoms with Gasteiger partial charge in [-0.3, -0.25) is 4.72 Å². The Bertz CT molecular complexity index is 778. The molecule has 0 bridgehead atoms. The molecule has 0 spiro atoms. The Kier molecular flexibility index (Phi) is 4.39. The van der Waals surface area contributed by atoms with Crippen LogP contribution in [0.4, 0.5) is 10.1 Å². The summed E-state index contributed by atoms with van der Waals surface area (Å²) in [6.45, 7) is 1.67. The second-order valence-corrected chi connectivity index (χ2v) is 6.42. The molecule has 0 fully saturated rings. The lowest BCUT2D eigenvalue weighted by Crippen LogP contribution is -2.14. The van der Waals surface area contributed by atoms with Crippen LogP contribution in [0.15, 0.2) is 41.3 Å². The lowest BCUT2D eigenvalue weighted by atomic mass is 10.2. The van der Waals surface area contributed by atoms with E-state index in [1.165, 1.54) is 25.3 Å². The zero-order valence-electron chi connectivity index (χ0n) is 11.4. The van der Waals surface area contributed by atoms with Gasteiger partial charge in [-0.15, -0.1) is 0 Å². The summed E-state index contributed by atoms with van der Waals surface area (Å²) in [6.07, 6.45) is 0. The van der Waals surface area contributed by atoms with E-state index in [0.29, 0.717) is 11.3 Å². The number of rotatable bonds is 4. The van der Waals surface area contributed by atoms with Crippen molar-refractivity contribution in [1.29, 1.82) is 0 Å². The average Bonchev–Trinajstić information content (AvgIpc) is 2.43. The number of anilines is 1. The largest absolute Gasteiger partial charge is 0.497 e. The van der Waals surface area contributed by atoms with Crippen molar-refractivity contribution in [1.82, 2.24) is 0 Å². The topological polar surface area (TPSA) is 55.4 Å². The first kappa shape index (κ1) is 15.6. The highest BCUT2D eigenvalue weighted by Crippen LogP contribution is 2.25. The van der Waals surface area contributed by atoms with Crippen LogP contribution in [0.25, 0.3) is 0 Å². The zero-order valence-corrected chi connectivity index (χ0v) is 12.9. The van der Waals surface area contributed by atoms with Crippen LogP contribution < -0.4 is 9.46 Å². The third-order valence-electron chi connectivity index (χ3n) is 2.86. The van der Waals surface area contributed by atoms with Gasteiger partial charge in [0.1, 0.15) is 11.6 Å². The van der Waals surface area contributed by atoms with Crippen molar-refractivity contribution in [3.8, 4) is 5.75 Å². The minimum Gasteiger partial charge on any atom is -0.497 e. The highest BCUT2D eigenvalue weighted by atomic mass is 35.5. The van der Waals surface area contributed by atoms with E-state index in [4.69, 9.17) is 16.3 Å². The number of hydrogen-bond donors (Lipinski definition) is 1. The van der Waals surface area contributed by atoms with Gasteiger partial charge in [-0.05, 0) is 36.8 Å². The molecule has 0 aliphatic rings. The van der Waals surface area contributed by atoms with E-state index in [2.05, 4.69) is 4.72 Å². The molecule has 4 nitrogen and oxygen atoms in total. The standard InChI is InChI=1S/C14H13ClFNO3S/c1-9-3-5-11(20-2)8-14(9)21(18,19)17-10-4-6-13(16)12(15)7-10/h3-8,17H,1-2H3. The number of ether oxygens (including phenoxy) is 1. The molecule has 0 saturated heterocycles. The highest BCUT2D eigenvalue weighted by Gasteiger charge is 2.18. The molecule has 0 heterocycles. The molecule has 7 heteroatoms. The Morgan fingerprint density at radius 3 is 2.52 bits per heavy atom. The van der Waals surface area contributed by atoms with Crippen LogP contribution in [0.5, 0.6) is 5.75 Å². The van der Waals surface area contributed by atoms with E-state index >= 15 is 0 Å². The van der Waals surface area contributed by atoms with Crippen molar-refractivity contribution >= 4 is 27.3 Å². The predicted molar refractivity (Wildman–Crippen MR) is 79.9 cm³/mol. The normalized spacial score (nSPS) is 11.2. The van der Waals surface area contributed by atoms with Crippen molar-refractivity contribution in [2.24, 2.45) is 0 Å². The zero-order chi connectivity index (χ0) is 15.6. The monoisotopic (exact) mass is 329 g/mol. The van der Waals surface area contributed by atoms with Crippen molar-refractivity contribution < 1.29 is 17.5 Å². The van der Waals surface area contributed by atoms with Crippen molar-refractivity contribution in [2.75, 3.05) is 11.8 Å². The summed E-state index contributed by atoms with van der Waals surface area (Å²) < 4.78 is 45.2. The van der Waals surface area contributed by atoms with Gasteiger partial charge in [0.15, 0.2) is 0 Å². The second kappa shape index (κ2) is 5.91. The molecular weight excluding hydrogens is 317 g/mol. The second-order valence-electron chi connectivity index (χ2n) is 4.37. The number of benzene rings is 2. The van der Waals surface area contributed by atoms with Gasteiger partial charge in [0.05, 0.1) is 22.7 Å². The molecule has 0 aliphatic carbocycles. The van der Waals surface area contributed by atoms with E-state index in [1.54, 1.807) is 19.1 Å². The maximum atomic E-state index is 13.1. The number of halogens is 2. The molecule has 112 valence electrons. The van der Waals surface area contributed by atoms with Gasteiger partial charge in [0.25, 0.3) is 10.0 Å². The summed E-state index contributed by atoms with van der Waals surface area (Å²) in [6, 6.07) is 8.34. The summed E-state index contributed by atoms with van der Waals surface area (Å²) in [5.74, 6) is -0.185. The van der Waals surface area contributed by atoms with Gasteiger partial charge in [-0.2, -0.15) is 0 Å². The van der Waals surface area contributed by atoms with Gasteiger partial charge in [0.2, 0.25) is 0 Å². The Hall–Kier alpha value is -1.79. The molecule has 2 rings (SSSR count). The van der Waals surface area contributed by atoms with Crippen LogP contribution in [-0.2, 0) is 10.0 Å². The number of methoxy groups -OCH3 is 1. The number of hydrogen-bond acceptors (Lipinski definition) is 3. The summed E-state index contributed by atoms with van der Waals surface area (Å²) in [5.41, 5.74) is 0.750. The fourth-order valence-corrected chi connectivity index (χ4v) is 3.26. The minimum absolute atomic E-state index is 0.0855. The van der Waals surface area contributed by atoms with Crippen LogP contribution in [0.1, 0.15) is 5.56 Å². The first-order chi connectivity index (χ1) is 9.83. The fourth-order valence-electron chi connectivity index (χ4n) is 1.77. The molecule has 0 amide bonds. The summed E-state index contributed by atoms with van der Waals surface area (Å²) >= 11 is 5.64. The van der Waals surface area contributed by atoms with Crippen LogP contribution in [0.2, 0.25) is 5.02 Å². The molecule has 0 radical (unpaired) electrons. The van der Waals surface area contributed by atoms with Crippen molar-refractivity contribution in [3.63, 3.8) is 0 Å². The number of nitrogens with one attached hydrogen (secondary N) is 1. The molecule has 1 N–H and O–H groups in total. The molecule has 0 saturated carbocycles. The Morgan fingerprint density at radius 2 is 1.90 bits per heavy atom. The summed E-state index contributed by atoms with van der Waals surface area (Å²) in [4.78, 5) is 0.0855. The lowest BCUT2D eigenvalue weighted by molar-refractivity contribution is 0.413. The number of aryl methyl sites for hydroxylation is 1. The van der Waals surface area contributed by atoms with Crippen LogP contribution >= 0.6 is 11.6 Å². The van der Waals surface area contributed by atoms with Crippen LogP contribution in [0, 0.1) is 12.7 Å². The third-order valence-corrected chi connectivity index (χ3v) is 4.67. The van der Waals surface area contributed by atoms with Crippen molar-refractivity contribution in [3.05, 3.63) is 52.8 Å². The smallest absolute Gasteiger partial charge is 0.262 e. The van der Waals surface area contributed by atoms with Crippen molar-refractivity contribution in [2.45, 2.75) is 11.8 Å². The SMILES string of the molecule is COc1ccc(C)c(S(=O)(=O)Nc2ccc(F)c(Cl)c2)c1. The molecule has 21 heavy (non-hydrogen) atoms.